The summed E-state index contributed by atoms with van der Waals surface area (Å²) in [5.41, 5.74) is 1.54. The van der Waals surface area contributed by atoms with Crippen LogP contribution in [0, 0.1) is 0 Å². The van der Waals surface area contributed by atoms with Crippen molar-refractivity contribution in [3.63, 3.8) is 0 Å². The summed E-state index contributed by atoms with van der Waals surface area (Å²) >= 11 is 0. The summed E-state index contributed by atoms with van der Waals surface area (Å²) in [6.07, 6.45) is 3.98. The lowest BCUT2D eigenvalue weighted by atomic mass is 9.83. The molecule has 1 aliphatic carbocycles. The summed E-state index contributed by atoms with van der Waals surface area (Å²) in [5.74, 6) is 0.352. The molecule has 2 heterocycles. The van der Waals surface area contributed by atoms with E-state index in [-0.39, 0.29) is 12.5 Å². The van der Waals surface area contributed by atoms with Gasteiger partial charge in [-0.15, -0.1) is 0 Å². The Hall–Kier alpha value is -1.41. The van der Waals surface area contributed by atoms with Crippen molar-refractivity contribution < 1.29 is 13.2 Å². The maximum absolute atomic E-state index is 12.7. The summed E-state index contributed by atoms with van der Waals surface area (Å²) in [6.45, 7) is 0.726. The fourth-order valence-electron chi connectivity index (χ4n) is 3.21. The molecule has 0 spiro atoms. The maximum atomic E-state index is 12.7. The second kappa shape index (κ2) is 5.90. The minimum absolute atomic E-state index is 0.123. The first-order valence-electron chi connectivity index (χ1n) is 8.05. The average molecular weight is 340 g/mol. The van der Waals surface area contributed by atoms with Crippen LogP contribution < -0.4 is 0 Å². The van der Waals surface area contributed by atoms with Gasteiger partial charge in [-0.2, -0.15) is 5.10 Å². The standard InChI is InChI=1S/C15H24N4O3S/c1-17(2)23(21,22)12-7-8-19(10-12)15(20)14-9-13(16-18(14)3)11-5-4-6-11/h9,11-12H,4-8,10H2,1-3H3. The lowest BCUT2D eigenvalue weighted by Crippen LogP contribution is -2.37. The summed E-state index contributed by atoms with van der Waals surface area (Å²) in [4.78, 5) is 14.3. The van der Waals surface area contributed by atoms with E-state index < -0.39 is 15.3 Å². The molecule has 1 atom stereocenters. The zero-order valence-electron chi connectivity index (χ0n) is 13.9. The number of hydrogen-bond donors (Lipinski definition) is 0. The highest BCUT2D eigenvalue weighted by atomic mass is 32.2. The molecule has 0 N–H and O–H groups in total. The molecule has 1 aliphatic heterocycles. The monoisotopic (exact) mass is 340 g/mol. The Morgan fingerprint density at radius 1 is 1.30 bits per heavy atom. The van der Waals surface area contributed by atoms with Gasteiger partial charge in [0.1, 0.15) is 5.69 Å². The van der Waals surface area contributed by atoms with Crippen LogP contribution in [0.2, 0.25) is 0 Å². The van der Waals surface area contributed by atoms with Gasteiger partial charge in [0.25, 0.3) is 5.91 Å². The molecule has 1 amide bonds. The molecule has 1 aromatic rings. The molecule has 2 aliphatic rings. The molecule has 0 aromatic carbocycles. The number of aromatic nitrogens is 2. The number of hydrogen-bond acceptors (Lipinski definition) is 4. The highest BCUT2D eigenvalue weighted by Crippen LogP contribution is 2.35. The van der Waals surface area contributed by atoms with Crippen molar-refractivity contribution in [1.82, 2.24) is 19.0 Å². The quantitative estimate of drug-likeness (QED) is 0.812. The van der Waals surface area contributed by atoms with Crippen LogP contribution in [0.1, 0.15) is 47.8 Å². The highest BCUT2D eigenvalue weighted by molar-refractivity contribution is 7.89. The molecule has 8 heteroatoms. The Kier molecular flexibility index (Phi) is 4.22. The predicted octanol–water partition coefficient (Wildman–Crippen LogP) is 0.793. The van der Waals surface area contributed by atoms with E-state index in [1.165, 1.54) is 24.8 Å². The number of likely N-dealkylation sites (tertiary alicyclic amines) is 1. The molecular formula is C15H24N4O3S. The van der Waals surface area contributed by atoms with Crippen molar-refractivity contribution in [2.24, 2.45) is 7.05 Å². The first-order chi connectivity index (χ1) is 10.8. The van der Waals surface area contributed by atoms with Crippen LogP contribution in [0.25, 0.3) is 0 Å². The Labute approximate surface area is 137 Å². The molecule has 1 unspecified atom stereocenters. The Morgan fingerprint density at radius 3 is 2.57 bits per heavy atom. The van der Waals surface area contributed by atoms with E-state index in [1.807, 2.05) is 6.07 Å². The van der Waals surface area contributed by atoms with E-state index in [1.54, 1.807) is 16.6 Å². The van der Waals surface area contributed by atoms with Gasteiger partial charge in [0, 0.05) is 40.2 Å². The van der Waals surface area contributed by atoms with Gasteiger partial charge in [-0.25, -0.2) is 12.7 Å². The molecule has 128 valence electrons. The van der Waals surface area contributed by atoms with Crippen LogP contribution in [0.5, 0.6) is 0 Å². The molecule has 7 nitrogen and oxygen atoms in total. The number of rotatable bonds is 4. The van der Waals surface area contributed by atoms with E-state index >= 15 is 0 Å². The van der Waals surface area contributed by atoms with Crippen molar-refractivity contribution in [2.45, 2.75) is 36.9 Å². The second-order valence-electron chi connectivity index (χ2n) is 6.70. The fourth-order valence-corrected chi connectivity index (χ4v) is 4.58. The minimum Gasteiger partial charge on any atom is -0.336 e. The van der Waals surface area contributed by atoms with Crippen molar-refractivity contribution in [2.75, 3.05) is 27.2 Å². The third kappa shape index (κ3) is 2.89. The van der Waals surface area contributed by atoms with Crippen molar-refractivity contribution >= 4 is 15.9 Å². The number of nitrogens with zero attached hydrogens (tertiary/aromatic N) is 4. The number of aryl methyl sites for hydroxylation is 1. The first-order valence-corrected chi connectivity index (χ1v) is 9.55. The Morgan fingerprint density at radius 2 is 2.00 bits per heavy atom. The highest BCUT2D eigenvalue weighted by Gasteiger charge is 2.37. The molecule has 23 heavy (non-hydrogen) atoms. The normalized spacial score (nSPS) is 22.6. The number of amides is 1. The average Bonchev–Trinajstić information content (AvgIpc) is 3.03. The number of carbonyl (C=O) groups excluding carboxylic acids is 1. The summed E-state index contributed by atoms with van der Waals surface area (Å²) in [6, 6.07) is 1.87. The topological polar surface area (TPSA) is 75.5 Å². The van der Waals surface area contributed by atoms with Gasteiger partial charge in [-0.1, -0.05) is 6.42 Å². The van der Waals surface area contributed by atoms with Crippen LogP contribution in [0.4, 0.5) is 0 Å². The molecule has 0 bridgehead atoms. The van der Waals surface area contributed by atoms with Gasteiger partial charge in [0.2, 0.25) is 10.0 Å². The minimum atomic E-state index is -3.32. The van der Waals surface area contributed by atoms with Gasteiger partial charge < -0.3 is 4.90 Å². The van der Waals surface area contributed by atoms with E-state index in [0.717, 1.165) is 18.5 Å². The molecule has 1 aromatic heterocycles. The third-order valence-corrected chi connectivity index (χ3v) is 7.25. The van der Waals surface area contributed by atoms with E-state index in [0.29, 0.717) is 24.6 Å². The van der Waals surface area contributed by atoms with E-state index in [9.17, 15) is 13.2 Å². The van der Waals surface area contributed by atoms with E-state index in [4.69, 9.17) is 0 Å². The van der Waals surface area contributed by atoms with Crippen LogP contribution in [0.15, 0.2) is 6.07 Å². The number of carbonyl (C=O) groups is 1. The SMILES string of the molecule is CN(C)S(=O)(=O)C1CCN(C(=O)c2cc(C3CCC3)nn2C)C1. The summed E-state index contributed by atoms with van der Waals surface area (Å²) < 4.78 is 27.3. The van der Waals surface area contributed by atoms with Crippen LogP contribution in [-0.2, 0) is 17.1 Å². The van der Waals surface area contributed by atoms with Gasteiger partial charge in [-0.3, -0.25) is 9.48 Å². The zero-order valence-corrected chi connectivity index (χ0v) is 14.7. The molecule has 1 saturated heterocycles. The molecule has 3 rings (SSSR count). The third-order valence-electron chi connectivity index (χ3n) is 5.00. The Balaban J connectivity index is 1.73. The van der Waals surface area contributed by atoms with Crippen molar-refractivity contribution in [3.05, 3.63) is 17.5 Å². The van der Waals surface area contributed by atoms with Crippen molar-refractivity contribution in [3.8, 4) is 0 Å². The van der Waals surface area contributed by atoms with E-state index in [2.05, 4.69) is 5.10 Å². The largest absolute Gasteiger partial charge is 0.336 e. The summed E-state index contributed by atoms with van der Waals surface area (Å²) in [5, 5.41) is 3.95. The second-order valence-corrected chi connectivity index (χ2v) is 9.12. The maximum Gasteiger partial charge on any atom is 0.272 e. The smallest absolute Gasteiger partial charge is 0.272 e. The van der Waals surface area contributed by atoms with Gasteiger partial charge in [0.05, 0.1) is 10.9 Å². The molecule has 1 saturated carbocycles. The van der Waals surface area contributed by atoms with Crippen LogP contribution in [-0.4, -0.2) is 65.7 Å². The lowest BCUT2D eigenvalue weighted by molar-refractivity contribution is 0.0782. The molecule has 0 radical (unpaired) electrons. The molecule has 2 fully saturated rings. The van der Waals surface area contributed by atoms with Crippen LogP contribution in [0.3, 0.4) is 0 Å². The zero-order chi connectivity index (χ0) is 16.8. The van der Waals surface area contributed by atoms with Crippen LogP contribution >= 0.6 is 0 Å². The van der Waals surface area contributed by atoms with Crippen molar-refractivity contribution in [1.29, 1.82) is 0 Å². The van der Waals surface area contributed by atoms with Gasteiger partial charge in [0.15, 0.2) is 0 Å². The van der Waals surface area contributed by atoms with Gasteiger partial charge >= 0.3 is 0 Å². The first kappa shape index (κ1) is 16.4. The lowest BCUT2D eigenvalue weighted by Gasteiger charge is -2.22. The van der Waals surface area contributed by atoms with Gasteiger partial charge in [-0.05, 0) is 25.3 Å². The number of sulfonamides is 1. The fraction of sp³-hybridized carbons (Fsp3) is 0.733. The Bertz CT molecular complexity index is 706. The molecular weight excluding hydrogens is 316 g/mol. The predicted molar refractivity (Wildman–Crippen MR) is 86.7 cm³/mol. The summed E-state index contributed by atoms with van der Waals surface area (Å²) in [7, 11) is 1.52.